The molecule has 1 amide bonds. The first-order valence-electron chi connectivity index (χ1n) is 7.86. The highest BCUT2D eigenvalue weighted by molar-refractivity contribution is 5.78. The smallest absolute Gasteiger partial charge is 0.234 e. The normalized spacial score (nSPS) is 19.2. The van der Waals surface area contributed by atoms with Gasteiger partial charge in [0.25, 0.3) is 0 Å². The first-order valence-corrected chi connectivity index (χ1v) is 7.86. The fourth-order valence-corrected chi connectivity index (χ4v) is 2.91. The molecule has 1 unspecified atom stereocenters. The minimum absolute atomic E-state index is 0.117. The van der Waals surface area contributed by atoms with Gasteiger partial charge in [0.15, 0.2) is 0 Å². The first kappa shape index (κ1) is 15.8. The lowest BCUT2D eigenvalue weighted by Gasteiger charge is -2.34. The van der Waals surface area contributed by atoms with Crippen LogP contribution in [-0.4, -0.2) is 37.0 Å². The van der Waals surface area contributed by atoms with Gasteiger partial charge in [-0.25, -0.2) is 0 Å². The zero-order valence-corrected chi connectivity index (χ0v) is 13.1. The van der Waals surface area contributed by atoms with Crippen molar-refractivity contribution >= 4 is 5.91 Å². The average molecular weight is 290 g/mol. The van der Waals surface area contributed by atoms with E-state index in [0.29, 0.717) is 19.1 Å². The lowest BCUT2D eigenvalue weighted by Crippen LogP contribution is -2.45. The quantitative estimate of drug-likeness (QED) is 0.875. The molecular formula is C17H26N2O2. The number of piperidine rings is 1. The minimum atomic E-state index is 0.117. The molecule has 0 saturated carbocycles. The molecule has 0 spiro atoms. The van der Waals surface area contributed by atoms with Gasteiger partial charge in [0, 0.05) is 12.6 Å². The Hall–Kier alpha value is -1.55. The second kappa shape index (κ2) is 8.03. The van der Waals surface area contributed by atoms with Crippen LogP contribution in [0.2, 0.25) is 0 Å². The number of hydrogen-bond acceptors (Lipinski definition) is 3. The Kier molecular flexibility index (Phi) is 6.05. The van der Waals surface area contributed by atoms with Crippen molar-refractivity contribution in [3.8, 4) is 5.75 Å². The van der Waals surface area contributed by atoms with Crippen molar-refractivity contribution in [3.63, 3.8) is 0 Å². The Bertz CT molecular complexity index is 445. The van der Waals surface area contributed by atoms with Crippen LogP contribution in [0.25, 0.3) is 0 Å². The van der Waals surface area contributed by atoms with E-state index in [9.17, 15) is 4.79 Å². The van der Waals surface area contributed by atoms with Gasteiger partial charge in [-0.2, -0.15) is 0 Å². The number of ether oxygens (including phenoxy) is 1. The van der Waals surface area contributed by atoms with Gasteiger partial charge in [0.2, 0.25) is 5.91 Å². The van der Waals surface area contributed by atoms with Gasteiger partial charge >= 0.3 is 0 Å². The largest absolute Gasteiger partial charge is 0.497 e. The van der Waals surface area contributed by atoms with Crippen molar-refractivity contribution < 1.29 is 9.53 Å². The van der Waals surface area contributed by atoms with Crippen molar-refractivity contribution in [3.05, 3.63) is 29.8 Å². The number of carbonyl (C=O) groups excluding carboxylic acids is 1. The van der Waals surface area contributed by atoms with E-state index in [2.05, 4.69) is 17.1 Å². The SMILES string of the molecule is CCC1CCCCN1CC(=O)NCc1ccc(OC)cc1. The summed E-state index contributed by atoms with van der Waals surface area (Å²) in [6.07, 6.45) is 4.86. The van der Waals surface area contributed by atoms with E-state index in [4.69, 9.17) is 4.74 Å². The molecule has 2 rings (SSSR count). The molecule has 1 N–H and O–H groups in total. The van der Waals surface area contributed by atoms with Crippen LogP contribution in [0.1, 0.15) is 38.2 Å². The summed E-state index contributed by atoms with van der Waals surface area (Å²) in [4.78, 5) is 14.4. The summed E-state index contributed by atoms with van der Waals surface area (Å²) in [5, 5.41) is 3.01. The Morgan fingerprint density at radius 1 is 1.33 bits per heavy atom. The van der Waals surface area contributed by atoms with E-state index in [1.54, 1.807) is 7.11 Å². The highest BCUT2D eigenvalue weighted by Gasteiger charge is 2.22. The van der Waals surface area contributed by atoms with Crippen LogP contribution in [0, 0.1) is 0 Å². The van der Waals surface area contributed by atoms with Gasteiger partial charge in [-0.15, -0.1) is 0 Å². The number of rotatable bonds is 6. The third-order valence-corrected chi connectivity index (χ3v) is 4.22. The predicted molar refractivity (Wildman–Crippen MR) is 84.3 cm³/mol. The molecule has 0 radical (unpaired) electrons. The van der Waals surface area contributed by atoms with Crippen molar-refractivity contribution in [2.75, 3.05) is 20.2 Å². The highest BCUT2D eigenvalue weighted by atomic mass is 16.5. The molecule has 1 heterocycles. The van der Waals surface area contributed by atoms with Crippen LogP contribution in [0.15, 0.2) is 24.3 Å². The number of hydrogen-bond donors (Lipinski definition) is 1. The lowest BCUT2D eigenvalue weighted by molar-refractivity contribution is -0.123. The Labute approximate surface area is 127 Å². The average Bonchev–Trinajstić information content (AvgIpc) is 2.54. The number of nitrogens with zero attached hydrogens (tertiary/aromatic N) is 1. The number of methoxy groups -OCH3 is 1. The summed E-state index contributed by atoms with van der Waals surface area (Å²) in [7, 11) is 1.65. The van der Waals surface area contributed by atoms with Crippen LogP contribution in [0.3, 0.4) is 0 Å². The first-order chi connectivity index (χ1) is 10.2. The monoisotopic (exact) mass is 290 g/mol. The molecule has 0 aromatic heterocycles. The van der Waals surface area contributed by atoms with E-state index >= 15 is 0 Å². The summed E-state index contributed by atoms with van der Waals surface area (Å²) in [6, 6.07) is 8.37. The number of amides is 1. The zero-order chi connectivity index (χ0) is 15.1. The third kappa shape index (κ3) is 4.74. The molecule has 1 aromatic carbocycles. The van der Waals surface area contributed by atoms with Gasteiger partial charge in [0.05, 0.1) is 13.7 Å². The molecule has 1 aromatic rings. The van der Waals surface area contributed by atoms with Gasteiger partial charge in [-0.3, -0.25) is 9.69 Å². The van der Waals surface area contributed by atoms with E-state index in [1.807, 2.05) is 24.3 Å². The second-order valence-corrected chi connectivity index (χ2v) is 5.65. The van der Waals surface area contributed by atoms with Crippen LogP contribution in [0.4, 0.5) is 0 Å². The van der Waals surface area contributed by atoms with Gasteiger partial charge in [0.1, 0.15) is 5.75 Å². The van der Waals surface area contributed by atoms with Gasteiger partial charge in [-0.1, -0.05) is 25.5 Å². The Balaban J connectivity index is 1.78. The van der Waals surface area contributed by atoms with Gasteiger partial charge in [-0.05, 0) is 43.5 Å². The van der Waals surface area contributed by atoms with Crippen LogP contribution >= 0.6 is 0 Å². The van der Waals surface area contributed by atoms with Crippen LogP contribution in [0.5, 0.6) is 5.75 Å². The fourth-order valence-electron chi connectivity index (χ4n) is 2.91. The maximum absolute atomic E-state index is 12.1. The summed E-state index contributed by atoms with van der Waals surface area (Å²) in [5.74, 6) is 0.954. The van der Waals surface area contributed by atoms with E-state index in [-0.39, 0.29) is 5.91 Å². The predicted octanol–water partition coefficient (Wildman–Crippen LogP) is 2.58. The van der Waals surface area contributed by atoms with Gasteiger partial charge < -0.3 is 10.1 Å². The zero-order valence-electron chi connectivity index (χ0n) is 13.1. The molecule has 1 saturated heterocycles. The van der Waals surface area contributed by atoms with Crippen molar-refractivity contribution in [1.29, 1.82) is 0 Å². The maximum Gasteiger partial charge on any atom is 0.234 e. The van der Waals surface area contributed by atoms with E-state index in [1.165, 1.54) is 19.3 Å². The molecule has 1 aliphatic rings. The maximum atomic E-state index is 12.1. The minimum Gasteiger partial charge on any atom is -0.497 e. The molecule has 0 bridgehead atoms. The molecule has 116 valence electrons. The Morgan fingerprint density at radius 3 is 2.76 bits per heavy atom. The fraction of sp³-hybridized carbons (Fsp3) is 0.588. The number of carbonyl (C=O) groups is 1. The highest BCUT2D eigenvalue weighted by Crippen LogP contribution is 2.18. The molecule has 1 atom stereocenters. The number of nitrogens with one attached hydrogen (secondary N) is 1. The lowest BCUT2D eigenvalue weighted by atomic mass is 10.00. The molecule has 4 nitrogen and oxygen atoms in total. The van der Waals surface area contributed by atoms with Crippen LogP contribution < -0.4 is 10.1 Å². The summed E-state index contributed by atoms with van der Waals surface area (Å²) < 4.78 is 5.13. The molecule has 4 heteroatoms. The van der Waals surface area contributed by atoms with Crippen molar-refractivity contribution in [1.82, 2.24) is 10.2 Å². The number of likely N-dealkylation sites (tertiary alicyclic amines) is 1. The van der Waals surface area contributed by atoms with Crippen molar-refractivity contribution in [2.24, 2.45) is 0 Å². The van der Waals surface area contributed by atoms with Crippen molar-refractivity contribution in [2.45, 2.75) is 45.2 Å². The molecule has 1 fully saturated rings. The summed E-state index contributed by atoms with van der Waals surface area (Å²) in [5.41, 5.74) is 1.09. The van der Waals surface area contributed by atoms with E-state index in [0.717, 1.165) is 24.3 Å². The summed E-state index contributed by atoms with van der Waals surface area (Å²) >= 11 is 0. The Morgan fingerprint density at radius 2 is 2.10 bits per heavy atom. The molecule has 0 aliphatic carbocycles. The van der Waals surface area contributed by atoms with Crippen LogP contribution in [-0.2, 0) is 11.3 Å². The standard InChI is InChI=1S/C17H26N2O2/c1-3-15-6-4-5-11-19(15)13-17(20)18-12-14-7-9-16(21-2)10-8-14/h7-10,15H,3-6,11-13H2,1-2H3,(H,18,20). The topological polar surface area (TPSA) is 41.6 Å². The molecule has 1 aliphatic heterocycles. The third-order valence-electron chi connectivity index (χ3n) is 4.22. The van der Waals surface area contributed by atoms with E-state index < -0.39 is 0 Å². The summed E-state index contributed by atoms with van der Waals surface area (Å²) in [6.45, 7) is 4.36. The molecule has 21 heavy (non-hydrogen) atoms. The number of benzene rings is 1. The second-order valence-electron chi connectivity index (χ2n) is 5.65. The molecular weight excluding hydrogens is 264 g/mol.